The van der Waals surface area contributed by atoms with E-state index >= 15 is 0 Å². The van der Waals surface area contributed by atoms with Gasteiger partial charge in [0.2, 0.25) is 11.8 Å². The fourth-order valence-electron chi connectivity index (χ4n) is 3.30. The molecule has 0 unspecified atom stereocenters. The number of carbonyl (C=O) groups excluding carboxylic acids is 2. The van der Waals surface area contributed by atoms with Crippen LogP contribution in [0.15, 0.2) is 42.5 Å². The van der Waals surface area contributed by atoms with Gasteiger partial charge < -0.3 is 19.9 Å². The van der Waals surface area contributed by atoms with E-state index < -0.39 is 0 Å². The van der Waals surface area contributed by atoms with Gasteiger partial charge in [-0.3, -0.25) is 9.59 Å². The van der Waals surface area contributed by atoms with Gasteiger partial charge >= 0.3 is 0 Å². The van der Waals surface area contributed by atoms with E-state index in [0.29, 0.717) is 11.4 Å². The number of rotatable bonds is 9. The summed E-state index contributed by atoms with van der Waals surface area (Å²) in [5.41, 5.74) is 3.60. The van der Waals surface area contributed by atoms with Gasteiger partial charge in [-0.25, -0.2) is 0 Å². The molecule has 0 bridgehead atoms. The van der Waals surface area contributed by atoms with Gasteiger partial charge in [-0.1, -0.05) is 12.1 Å². The molecule has 0 aliphatic rings. The third kappa shape index (κ3) is 5.73. The van der Waals surface area contributed by atoms with Crippen molar-refractivity contribution in [1.29, 1.82) is 0 Å². The summed E-state index contributed by atoms with van der Waals surface area (Å²) >= 11 is 0. The largest absolute Gasteiger partial charge is 0.495 e. The van der Waals surface area contributed by atoms with E-state index in [9.17, 15) is 9.59 Å². The Morgan fingerprint density at radius 3 is 2.34 bits per heavy atom. The summed E-state index contributed by atoms with van der Waals surface area (Å²) in [7, 11) is 1.56. The minimum Gasteiger partial charge on any atom is -0.495 e. The van der Waals surface area contributed by atoms with Gasteiger partial charge in [-0.05, 0) is 56.7 Å². The molecular weight excluding hydrogens is 366 g/mol. The number of para-hydroxylation sites is 2. The standard InChI is InChI=1S/C23H31N3O3/c1-6-25(7-2)19-12-13-20(17(3)16-19)24-23(28)14-15-26(18(4)27)21-10-8-9-11-22(21)29-5/h8-13,16H,6-7,14-15H2,1-5H3,(H,24,28). The van der Waals surface area contributed by atoms with Crippen molar-refractivity contribution < 1.29 is 14.3 Å². The van der Waals surface area contributed by atoms with E-state index in [0.717, 1.165) is 30.0 Å². The number of nitrogens with one attached hydrogen (secondary N) is 1. The third-order valence-electron chi connectivity index (χ3n) is 4.93. The monoisotopic (exact) mass is 397 g/mol. The van der Waals surface area contributed by atoms with Crippen molar-refractivity contribution in [3.8, 4) is 5.75 Å². The number of carbonyl (C=O) groups is 2. The van der Waals surface area contributed by atoms with Crippen LogP contribution in [0.2, 0.25) is 0 Å². The maximum atomic E-state index is 12.5. The quantitative estimate of drug-likeness (QED) is 0.688. The van der Waals surface area contributed by atoms with E-state index in [-0.39, 0.29) is 24.8 Å². The molecule has 2 aromatic carbocycles. The number of hydrogen-bond donors (Lipinski definition) is 1. The Morgan fingerprint density at radius 2 is 1.76 bits per heavy atom. The summed E-state index contributed by atoms with van der Waals surface area (Å²) in [4.78, 5) is 28.5. The van der Waals surface area contributed by atoms with Gasteiger partial charge in [0.1, 0.15) is 5.75 Å². The minimum atomic E-state index is -0.137. The van der Waals surface area contributed by atoms with Crippen LogP contribution in [0.5, 0.6) is 5.75 Å². The second-order valence-electron chi connectivity index (χ2n) is 6.81. The number of methoxy groups -OCH3 is 1. The van der Waals surface area contributed by atoms with Crippen molar-refractivity contribution in [2.75, 3.05) is 41.9 Å². The first kappa shape index (κ1) is 22.3. The molecule has 0 atom stereocenters. The second kappa shape index (κ2) is 10.5. The van der Waals surface area contributed by atoms with Crippen LogP contribution in [0.1, 0.15) is 32.8 Å². The predicted octanol–water partition coefficient (Wildman–Crippen LogP) is 4.23. The van der Waals surface area contributed by atoms with Crippen LogP contribution >= 0.6 is 0 Å². The van der Waals surface area contributed by atoms with Gasteiger partial charge in [0, 0.05) is 44.4 Å². The lowest BCUT2D eigenvalue weighted by Gasteiger charge is -2.23. The van der Waals surface area contributed by atoms with Crippen LogP contribution in [0.3, 0.4) is 0 Å². The molecule has 0 aliphatic carbocycles. The Bertz CT molecular complexity index is 847. The van der Waals surface area contributed by atoms with Crippen molar-refractivity contribution in [1.82, 2.24) is 0 Å². The lowest BCUT2D eigenvalue weighted by molar-refractivity contribution is -0.117. The number of benzene rings is 2. The van der Waals surface area contributed by atoms with Crippen molar-refractivity contribution >= 4 is 28.9 Å². The highest BCUT2D eigenvalue weighted by Gasteiger charge is 2.17. The highest BCUT2D eigenvalue weighted by molar-refractivity contribution is 5.96. The molecule has 2 rings (SSSR count). The normalized spacial score (nSPS) is 10.4. The number of amides is 2. The lowest BCUT2D eigenvalue weighted by Crippen LogP contribution is -2.32. The smallest absolute Gasteiger partial charge is 0.226 e. The average Bonchev–Trinajstić information content (AvgIpc) is 2.71. The van der Waals surface area contributed by atoms with Gasteiger partial charge in [0.15, 0.2) is 0 Å². The zero-order chi connectivity index (χ0) is 21.4. The van der Waals surface area contributed by atoms with Crippen LogP contribution in [0.25, 0.3) is 0 Å². The van der Waals surface area contributed by atoms with Crippen molar-refractivity contribution in [3.63, 3.8) is 0 Å². The molecular formula is C23H31N3O3. The molecule has 0 aliphatic heterocycles. The van der Waals surface area contributed by atoms with Gasteiger partial charge in [-0.15, -0.1) is 0 Å². The van der Waals surface area contributed by atoms with Crippen LogP contribution < -0.4 is 19.9 Å². The second-order valence-corrected chi connectivity index (χ2v) is 6.81. The summed E-state index contributed by atoms with van der Waals surface area (Å²) in [6, 6.07) is 13.3. The lowest BCUT2D eigenvalue weighted by atomic mass is 10.1. The number of hydrogen-bond acceptors (Lipinski definition) is 4. The Labute approximate surface area is 173 Å². The zero-order valence-electron chi connectivity index (χ0n) is 18.0. The first-order valence-electron chi connectivity index (χ1n) is 9.97. The molecule has 0 fully saturated rings. The minimum absolute atomic E-state index is 0.134. The maximum absolute atomic E-state index is 12.5. The highest BCUT2D eigenvalue weighted by Crippen LogP contribution is 2.28. The highest BCUT2D eigenvalue weighted by atomic mass is 16.5. The molecule has 0 aromatic heterocycles. The Balaban J connectivity index is 2.05. The molecule has 0 saturated heterocycles. The van der Waals surface area contributed by atoms with Gasteiger partial charge in [0.25, 0.3) is 0 Å². The number of ether oxygens (including phenoxy) is 1. The molecule has 29 heavy (non-hydrogen) atoms. The van der Waals surface area contributed by atoms with E-state index in [1.165, 1.54) is 6.92 Å². The fourth-order valence-corrected chi connectivity index (χ4v) is 3.30. The number of anilines is 3. The average molecular weight is 398 g/mol. The molecule has 2 amide bonds. The predicted molar refractivity (Wildman–Crippen MR) is 119 cm³/mol. The molecule has 156 valence electrons. The Hall–Kier alpha value is -3.02. The van der Waals surface area contributed by atoms with Crippen LogP contribution in [0, 0.1) is 6.92 Å². The Morgan fingerprint density at radius 1 is 1.07 bits per heavy atom. The molecule has 0 saturated carbocycles. The molecule has 6 heteroatoms. The summed E-state index contributed by atoms with van der Waals surface area (Å²) in [6.45, 7) is 9.86. The molecule has 2 aromatic rings. The molecule has 0 heterocycles. The SMILES string of the molecule is CCN(CC)c1ccc(NC(=O)CCN(C(C)=O)c2ccccc2OC)c(C)c1. The summed E-state index contributed by atoms with van der Waals surface area (Å²) in [5, 5.41) is 2.96. The summed E-state index contributed by atoms with van der Waals surface area (Å²) in [6.07, 6.45) is 0.189. The van der Waals surface area contributed by atoms with Crippen LogP contribution in [0.4, 0.5) is 17.1 Å². The van der Waals surface area contributed by atoms with Crippen molar-refractivity contribution in [2.45, 2.75) is 34.1 Å². The number of nitrogens with zero attached hydrogens (tertiary/aromatic N) is 2. The van der Waals surface area contributed by atoms with Crippen molar-refractivity contribution in [2.24, 2.45) is 0 Å². The first-order chi connectivity index (χ1) is 13.9. The molecule has 0 spiro atoms. The van der Waals surface area contributed by atoms with Crippen LogP contribution in [-0.2, 0) is 9.59 Å². The third-order valence-corrected chi connectivity index (χ3v) is 4.93. The number of aryl methyl sites for hydroxylation is 1. The molecule has 6 nitrogen and oxygen atoms in total. The van der Waals surface area contributed by atoms with E-state index in [2.05, 4.69) is 30.1 Å². The van der Waals surface area contributed by atoms with E-state index in [1.54, 1.807) is 18.1 Å². The molecule has 0 radical (unpaired) electrons. The summed E-state index contributed by atoms with van der Waals surface area (Å²) in [5.74, 6) is 0.331. The van der Waals surface area contributed by atoms with Gasteiger partial charge in [-0.2, -0.15) is 0 Å². The summed E-state index contributed by atoms with van der Waals surface area (Å²) < 4.78 is 5.35. The molecule has 1 N–H and O–H groups in total. The Kier molecular flexibility index (Phi) is 8.07. The topological polar surface area (TPSA) is 61.9 Å². The maximum Gasteiger partial charge on any atom is 0.226 e. The van der Waals surface area contributed by atoms with Crippen molar-refractivity contribution in [3.05, 3.63) is 48.0 Å². The first-order valence-corrected chi connectivity index (χ1v) is 9.97. The van der Waals surface area contributed by atoms with E-state index in [1.807, 2.05) is 37.3 Å². The zero-order valence-corrected chi connectivity index (χ0v) is 18.0. The van der Waals surface area contributed by atoms with E-state index in [4.69, 9.17) is 4.74 Å². The fraction of sp³-hybridized carbons (Fsp3) is 0.391. The van der Waals surface area contributed by atoms with Gasteiger partial charge in [0.05, 0.1) is 12.8 Å². The van der Waals surface area contributed by atoms with Crippen LogP contribution in [-0.4, -0.2) is 38.6 Å².